The second kappa shape index (κ2) is 10.4. The molecule has 0 fully saturated rings. The van der Waals surface area contributed by atoms with Crippen LogP contribution in [-0.4, -0.2) is 36.2 Å². The van der Waals surface area contributed by atoms with Crippen molar-refractivity contribution in [2.45, 2.75) is 0 Å². The van der Waals surface area contributed by atoms with Gasteiger partial charge in [-0.3, -0.25) is 10.9 Å². The number of benzene rings is 1. The summed E-state index contributed by atoms with van der Waals surface area (Å²) in [4.78, 5) is 0. The third-order valence-corrected chi connectivity index (χ3v) is 2.94. The molecule has 0 amide bonds. The van der Waals surface area contributed by atoms with Crippen molar-refractivity contribution >= 4 is 52.7 Å². The minimum absolute atomic E-state index is 0.415. The predicted octanol–water partition coefficient (Wildman–Crippen LogP) is 1.23. The number of hydrogen-bond donors (Lipinski definition) is 4. The van der Waals surface area contributed by atoms with Crippen LogP contribution in [0.4, 0.5) is 0 Å². The monoisotopic (exact) mass is 334 g/mol. The molecular formula is C14H18N6S2. The maximum Gasteiger partial charge on any atom is 0.186 e. The molecular weight excluding hydrogens is 316 g/mol. The van der Waals surface area contributed by atoms with Crippen LogP contribution in [0.15, 0.2) is 46.6 Å². The standard InChI is InChI=1S/C14H18N6S2/c1-15-13(21)19-17-10-12(18-20-14(22)16-2)9-8-11-6-4-3-5-7-11/h3-10H,1-2H3,(H2,15,19,21)(H2,16,20,22)/b9-8+,17-10-,18-12-. The summed E-state index contributed by atoms with van der Waals surface area (Å²) in [6.45, 7) is 0. The average molecular weight is 334 g/mol. The average Bonchev–Trinajstić information content (AvgIpc) is 2.57. The largest absolute Gasteiger partial charge is 0.364 e. The molecule has 1 aromatic rings. The number of nitrogens with zero attached hydrogens (tertiary/aromatic N) is 2. The van der Waals surface area contributed by atoms with Crippen LogP contribution in [0.1, 0.15) is 5.56 Å². The van der Waals surface area contributed by atoms with Crippen LogP contribution in [-0.2, 0) is 0 Å². The van der Waals surface area contributed by atoms with Crippen molar-refractivity contribution in [1.29, 1.82) is 0 Å². The van der Waals surface area contributed by atoms with Crippen LogP contribution in [0.25, 0.3) is 6.08 Å². The molecule has 0 aliphatic heterocycles. The van der Waals surface area contributed by atoms with E-state index in [2.05, 4.69) is 31.7 Å². The van der Waals surface area contributed by atoms with E-state index in [4.69, 9.17) is 24.4 Å². The zero-order valence-electron chi connectivity index (χ0n) is 12.3. The highest BCUT2D eigenvalue weighted by Crippen LogP contribution is 2.00. The van der Waals surface area contributed by atoms with Gasteiger partial charge in [0, 0.05) is 14.1 Å². The first-order chi connectivity index (χ1) is 10.7. The molecule has 0 unspecified atom stereocenters. The van der Waals surface area contributed by atoms with Crippen LogP contribution >= 0.6 is 24.4 Å². The van der Waals surface area contributed by atoms with Crippen molar-refractivity contribution in [2.24, 2.45) is 10.2 Å². The fraction of sp³-hybridized carbons (Fsp3) is 0.143. The number of rotatable bonds is 5. The lowest BCUT2D eigenvalue weighted by Crippen LogP contribution is -2.30. The molecule has 0 heterocycles. The quantitative estimate of drug-likeness (QED) is 0.369. The Balaban J connectivity index is 2.79. The Bertz CT molecular complexity index is 580. The summed E-state index contributed by atoms with van der Waals surface area (Å²) in [7, 11) is 3.42. The van der Waals surface area contributed by atoms with Crippen molar-refractivity contribution < 1.29 is 0 Å². The van der Waals surface area contributed by atoms with Gasteiger partial charge in [0.05, 0.1) is 6.21 Å². The SMILES string of the molecule is CNC(=S)N\N=C/C(/C=C/c1ccccc1)=N\NC(=S)NC. The smallest absolute Gasteiger partial charge is 0.186 e. The summed E-state index contributed by atoms with van der Waals surface area (Å²) in [6, 6.07) is 9.87. The number of hydrazone groups is 2. The highest BCUT2D eigenvalue weighted by molar-refractivity contribution is 7.80. The summed E-state index contributed by atoms with van der Waals surface area (Å²) >= 11 is 9.91. The van der Waals surface area contributed by atoms with E-state index in [9.17, 15) is 0 Å². The van der Waals surface area contributed by atoms with Crippen LogP contribution in [0, 0.1) is 0 Å². The first-order valence-electron chi connectivity index (χ1n) is 6.45. The highest BCUT2D eigenvalue weighted by Gasteiger charge is 1.93. The first kappa shape index (κ1) is 17.7. The normalized spacial score (nSPS) is 11.5. The molecule has 0 saturated heterocycles. The van der Waals surface area contributed by atoms with Gasteiger partial charge >= 0.3 is 0 Å². The van der Waals surface area contributed by atoms with Crippen molar-refractivity contribution in [3.63, 3.8) is 0 Å². The fourth-order valence-corrected chi connectivity index (χ4v) is 1.34. The minimum Gasteiger partial charge on any atom is -0.364 e. The molecule has 1 aromatic carbocycles. The molecule has 0 atom stereocenters. The molecule has 1 rings (SSSR count). The van der Waals surface area contributed by atoms with E-state index in [-0.39, 0.29) is 0 Å². The lowest BCUT2D eigenvalue weighted by atomic mass is 10.2. The Kier molecular flexibility index (Phi) is 8.39. The molecule has 0 aliphatic carbocycles. The molecule has 0 aromatic heterocycles. The van der Waals surface area contributed by atoms with Crippen molar-refractivity contribution in [3.8, 4) is 0 Å². The summed E-state index contributed by atoms with van der Waals surface area (Å²) in [6.07, 6.45) is 5.27. The van der Waals surface area contributed by atoms with Crippen LogP contribution in [0.2, 0.25) is 0 Å². The molecule has 22 heavy (non-hydrogen) atoms. The molecule has 0 spiro atoms. The number of nitrogens with one attached hydrogen (secondary N) is 4. The van der Waals surface area contributed by atoms with E-state index in [1.807, 2.05) is 42.5 Å². The predicted molar refractivity (Wildman–Crippen MR) is 101 cm³/mol. The molecule has 6 nitrogen and oxygen atoms in total. The van der Waals surface area contributed by atoms with Gasteiger partial charge in [0.15, 0.2) is 10.2 Å². The Hall–Kier alpha value is -2.32. The summed E-state index contributed by atoms with van der Waals surface area (Å²) in [5, 5.41) is 14.5. The van der Waals surface area contributed by atoms with Gasteiger partial charge in [0.25, 0.3) is 0 Å². The number of thiocarbonyl (C=S) groups is 2. The Morgan fingerprint density at radius 2 is 1.64 bits per heavy atom. The lowest BCUT2D eigenvalue weighted by Gasteiger charge is -2.02. The van der Waals surface area contributed by atoms with Crippen molar-refractivity contribution in [3.05, 3.63) is 42.0 Å². The van der Waals surface area contributed by atoms with Gasteiger partial charge < -0.3 is 10.6 Å². The zero-order valence-corrected chi connectivity index (χ0v) is 14.0. The minimum atomic E-state index is 0.415. The maximum absolute atomic E-state index is 4.98. The van der Waals surface area contributed by atoms with E-state index in [1.54, 1.807) is 14.1 Å². The van der Waals surface area contributed by atoms with Crippen LogP contribution < -0.4 is 21.5 Å². The van der Waals surface area contributed by atoms with Gasteiger partial charge in [-0.05, 0) is 36.1 Å². The lowest BCUT2D eigenvalue weighted by molar-refractivity contribution is 0.973. The van der Waals surface area contributed by atoms with E-state index in [0.717, 1.165) is 5.56 Å². The summed E-state index contributed by atoms with van der Waals surface area (Å²) in [5.74, 6) is 0. The van der Waals surface area contributed by atoms with E-state index < -0.39 is 0 Å². The third-order valence-electron chi connectivity index (χ3n) is 2.35. The fourth-order valence-electron chi connectivity index (χ4n) is 1.24. The molecule has 8 heteroatoms. The summed E-state index contributed by atoms with van der Waals surface area (Å²) < 4.78 is 0. The second-order valence-electron chi connectivity index (χ2n) is 3.92. The van der Waals surface area contributed by atoms with Gasteiger partial charge in [0.1, 0.15) is 5.71 Å². The van der Waals surface area contributed by atoms with Gasteiger partial charge in [-0.1, -0.05) is 36.4 Å². The molecule has 0 bridgehead atoms. The Morgan fingerprint density at radius 1 is 1.00 bits per heavy atom. The number of hydrogen-bond acceptors (Lipinski definition) is 4. The van der Waals surface area contributed by atoms with Gasteiger partial charge in [-0.2, -0.15) is 10.2 Å². The van der Waals surface area contributed by atoms with E-state index in [0.29, 0.717) is 15.9 Å². The first-order valence-corrected chi connectivity index (χ1v) is 7.26. The second-order valence-corrected chi connectivity index (χ2v) is 4.74. The van der Waals surface area contributed by atoms with E-state index >= 15 is 0 Å². The van der Waals surface area contributed by atoms with Crippen LogP contribution in [0.5, 0.6) is 0 Å². The topological polar surface area (TPSA) is 72.8 Å². The highest BCUT2D eigenvalue weighted by atomic mass is 32.1. The van der Waals surface area contributed by atoms with Gasteiger partial charge in [0.2, 0.25) is 0 Å². The number of allylic oxidation sites excluding steroid dienone is 1. The van der Waals surface area contributed by atoms with Gasteiger partial charge in [-0.25, -0.2) is 0 Å². The molecule has 0 saturated carbocycles. The third kappa shape index (κ3) is 7.46. The Morgan fingerprint density at radius 3 is 2.27 bits per heavy atom. The maximum atomic E-state index is 4.98. The van der Waals surface area contributed by atoms with E-state index in [1.165, 1.54) is 6.21 Å². The van der Waals surface area contributed by atoms with Gasteiger partial charge in [-0.15, -0.1) is 0 Å². The molecule has 0 radical (unpaired) electrons. The molecule has 4 N–H and O–H groups in total. The Labute approximate surface area is 140 Å². The molecule has 0 aliphatic rings. The van der Waals surface area contributed by atoms with Crippen molar-refractivity contribution in [1.82, 2.24) is 21.5 Å². The summed E-state index contributed by atoms with van der Waals surface area (Å²) in [5.41, 5.74) is 7.00. The molecule has 116 valence electrons. The van der Waals surface area contributed by atoms with Crippen LogP contribution in [0.3, 0.4) is 0 Å². The van der Waals surface area contributed by atoms with Crippen molar-refractivity contribution in [2.75, 3.05) is 14.1 Å². The zero-order chi connectivity index (χ0) is 16.2.